The zero-order valence-electron chi connectivity index (χ0n) is 21.1. The van der Waals surface area contributed by atoms with Gasteiger partial charge in [-0.25, -0.2) is 4.79 Å². The molecule has 0 aliphatic rings. The van der Waals surface area contributed by atoms with Crippen LogP contribution in [0.1, 0.15) is 59.6 Å². The highest BCUT2D eigenvalue weighted by atomic mass is 35.5. The maximum atomic E-state index is 13.2. The number of rotatable bonds is 8. The molecule has 0 aliphatic carbocycles. The Morgan fingerprint density at radius 1 is 1.16 bits per heavy atom. The van der Waals surface area contributed by atoms with Crippen LogP contribution in [0, 0.1) is 11.3 Å². The van der Waals surface area contributed by atoms with Gasteiger partial charge < -0.3 is 10.1 Å². The largest absolute Gasteiger partial charge is 0.445 e. The van der Waals surface area contributed by atoms with Gasteiger partial charge in [0.2, 0.25) is 0 Å². The molecule has 0 aliphatic heterocycles. The van der Waals surface area contributed by atoms with Gasteiger partial charge in [-0.05, 0) is 62.6 Å². The molecule has 0 bridgehead atoms. The summed E-state index contributed by atoms with van der Waals surface area (Å²) >= 11 is 6.01. The van der Waals surface area contributed by atoms with Crippen LogP contribution in [-0.2, 0) is 29.2 Å². The van der Waals surface area contributed by atoms with Crippen molar-refractivity contribution in [3.05, 3.63) is 87.7 Å². The first kappa shape index (κ1) is 28.7. The third-order valence-electron chi connectivity index (χ3n) is 6.05. The van der Waals surface area contributed by atoms with Crippen molar-refractivity contribution >= 4 is 23.5 Å². The maximum absolute atomic E-state index is 13.2. The molecular formula is C27H26ClF3N4O3. The smallest absolute Gasteiger partial charge is 0.435 e. The van der Waals surface area contributed by atoms with Crippen LogP contribution in [0.2, 0.25) is 5.02 Å². The fourth-order valence-corrected chi connectivity index (χ4v) is 4.03. The summed E-state index contributed by atoms with van der Waals surface area (Å²) in [5.74, 6) is -2.04. The Morgan fingerprint density at radius 3 is 2.39 bits per heavy atom. The topological polar surface area (TPSA) is 97.0 Å². The second-order valence-corrected chi connectivity index (χ2v) is 9.81. The van der Waals surface area contributed by atoms with Gasteiger partial charge in [0.15, 0.2) is 11.3 Å². The number of aryl methyl sites for hydroxylation is 1. The number of halogens is 4. The summed E-state index contributed by atoms with van der Waals surface area (Å²) in [6, 6.07) is 16.5. The molecule has 7 nitrogen and oxygen atoms in total. The van der Waals surface area contributed by atoms with E-state index in [-0.39, 0.29) is 5.92 Å². The Kier molecular flexibility index (Phi) is 8.52. The van der Waals surface area contributed by atoms with E-state index in [2.05, 4.69) is 16.5 Å². The van der Waals surface area contributed by atoms with Crippen molar-refractivity contribution in [3.8, 4) is 6.07 Å². The number of aromatic nitrogens is 2. The van der Waals surface area contributed by atoms with E-state index in [0.29, 0.717) is 23.1 Å². The molecule has 0 fully saturated rings. The number of alkyl halides is 3. The Hall–Kier alpha value is -3.84. The lowest BCUT2D eigenvalue weighted by atomic mass is 9.85. The third kappa shape index (κ3) is 6.92. The van der Waals surface area contributed by atoms with E-state index >= 15 is 0 Å². The number of carbonyl (C=O) groups is 2. The number of hydrogen-bond acceptors (Lipinski definition) is 5. The predicted molar refractivity (Wildman–Crippen MR) is 134 cm³/mol. The van der Waals surface area contributed by atoms with Crippen LogP contribution in [0.15, 0.2) is 54.6 Å². The van der Waals surface area contributed by atoms with E-state index in [1.807, 2.05) is 18.2 Å². The molecule has 0 saturated heterocycles. The SMILES string of the molecule is C[C@H](NC(=O)C(C)(C)OC(=O)c1cc(C(F)(F)F)nn1C)[C@@H](Cc1ccc(Cl)cc1)c1cccc(C#N)c1. The minimum Gasteiger partial charge on any atom is -0.445 e. The van der Waals surface area contributed by atoms with Crippen molar-refractivity contribution in [3.63, 3.8) is 0 Å². The molecule has 2 aromatic carbocycles. The molecule has 1 aromatic heterocycles. The normalized spacial score (nSPS) is 13.3. The zero-order valence-corrected chi connectivity index (χ0v) is 21.9. The molecule has 2 atom stereocenters. The van der Waals surface area contributed by atoms with Gasteiger partial charge in [-0.2, -0.15) is 23.5 Å². The number of nitriles is 1. The molecule has 1 amide bonds. The first-order chi connectivity index (χ1) is 17.7. The molecule has 1 N–H and O–H groups in total. The van der Waals surface area contributed by atoms with E-state index in [0.717, 1.165) is 15.8 Å². The molecule has 3 rings (SSSR count). The van der Waals surface area contributed by atoms with Crippen LogP contribution in [-0.4, -0.2) is 33.3 Å². The van der Waals surface area contributed by atoms with E-state index in [1.54, 1.807) is 37.3 Å². The fraction of sp³-hybridized carbons (Fsp3) is 0.333. The summed E-state index contributed by atoms with van der Waals surface area (Å²) in [6.07, 6.45) is -4.23. The summed E-state index contributed by atoms with van der Waals surface area (Å²) in [5.41, 5.74) is -1.17. The molecule has 38 heavy (non-hydrogen) atoms. The Balaban J connectivity index is 1.80. The minimum atomic E-state index is -4.74. The Morgan fingerprint density at radius 2 is 1.82 bits per heavy atom. The molecular weight excluding hydrogens is 521 g/mol. The van der Waals surface area contributed by atoms with Gasteiger partial charge >= 0.3 is 12.1 Å². The maximum Gasteiger partial charge on any atom is 0.435 e. The molecule has 1 heterocycles. The number of carbonyl (C=O) groups excluding carboxylic acids is 2. The van der Waals surface area contributed by atoms with Gasteiger partial charge in [0.25, 0.3) is 5.91 Å². The zero-order chi connectivity index (χ0) is 28.3. The van der Waals surface area contributed by atoms with Gasteiger partial charge in [-0.15, -0.1) is 0 Å². The quantitative estimate of drug-likeness (QED) is 0.380. The standard InChI is InChI=1S/C27H26ClF3N4O3/c1-16(21(13-17-8-10-20(28)11-9-17)19-7-5-6-18(12-19)15-32)33-25(37)26(2,3)38-24(36)22-14-23(27(29,30)31)34-35(22)4/h5-12,14,16,21H,13H2,1-4H3,(H,33,37)/t16-,21+/m0/s1. The Bertz CT molecular complexity index is 1360. The second-order valence-electron chi connectivity index (χ2n) is 9.37. The highest BCUT2D eigenvalue weighted by Crippen LogP contribution is 2.30. The first-order valence-corrected chi connectivity index (χ1v) is 12.0. The molecule has 3 aromatic rings. The van der Waals surface area contributed by atoms with Gasteiger partial charge in [-0.3, -0.25) is 9.48 Å². The van der Waals surface area contributed by atoms with Crippen molar-refractivity contribution in [2.45, 2.75) is 50.9 Å². The lowest BCUT2D eigenvalue weighted by molar-refractivity contribution is -0.141. The average Bonchev–Trinajstić information content (AvgIpc) is 3.25. The molecule has 0 radical (unpaired) electrons. The van der Waals surface area contributed by atoms with Gasteiger partial charge in [0.1, 0.15) is 5.69 Å². The highest BCUT2D eigenvalue weighted by molar-refractivity contribution is 6.30. The number of nitrogens with zero attached hydrogens (tertiary/aromatic N) is 3. The fourth-order valence-electron chi connectivity index (χ4n) is 3.90. The van der Waals surface area contributed by atoms with Crippen LogP contribution in [0.5, 0.6) is 0 Å². The summed E-state index contributed by atoms with van der Waals surface area (Å²) < 4.78 is 45.0. The van der Waals surface area contributed by atoms with Crippen molar-refractivity contribution in [1.29, 1.82) is 5.26 Å². The van der Waals surface area contributed by atoms with E-state index in [9.17, 15) is 28.0 Å². The monoisotopic (exact) mass is 546 g/mol. The lowest BCUT2D eigenvalue weighted by Gasteiger charge is -2.30. The predicted octanol–water partition coefficient (Wildman–Crippen LogP) is 5.43. The van der Waals surface area contributed by atoms with E-state index < -0.39 is 41.1 Å². The number of benzene rings is 2. The summed E-state index contributed by atoms with van der Waals surface area (Å²) in [5, 5.41) is 16.1. The van der Waals surface area contributed by atoms with Gasteiger partial charge in [-0.1, -0.05) is 35.9 Å². The number of amides is 1. The summed E-state index contributed by atoms with van der Waals surface area (Å²) in [7, 11) is 1.18. The molecule has 0 unspecified atom stereocenters. The number of esters is 1. The number of hydrogen-bond donors (Lipinski definition) is 1. The average molecular weight is 547 g/mol. The van der Waals surface area contributed by atoms with Crippen LogP contribution in [0.3, 0.4) is 0 Å². The van der Waals surface area contributed by atoms with Crippen LogP contribution in [0.4, 0.5) is 13.2 Å². The van der Waals surface area contributed by atoms with Gasteiger partial charge in [0, 0.05) is 30.1 Å². The first-order valence-electron chi connectivity index (χ1n) is 11.6. The number of ether oxygens (including phenoxy) is 1. The van der Waals surface area contributed by atoms with Crippen LogP contribution >= 0.6 is 11.6 Å². The molecule has 0 saturated carbocycles. The summed E-state index contributed by atoms with van der Waals surface area (Å²) in [4.78, 5) is 25.8. The van der Waals surface area contributed by atoms with Crippen molar-refractivity contribution in [2.24, 2.45) is 7.05 Å². The lowest BCUT2D eigenvalue weighted by Crippen LogP contribution is -2.50. The molecule has 0 spiro atoms. The molecule has 11 heteroatoms. The Labute approximate surface area is 223 Å². The van der Waals surface area contributed by atoms with E-state index in [1.165, 1.54) is 20.9 Å². The second kappa shape index (κ2) is 11.3. The third-order valence-corrected chi connectivity index (χ3v) is 6.30. The minimum absolute atomic E-state index is 0.272. The van der Waals surface area contributed by atoms with Crippen molar-refractivity contribution in [1.82, 2.24) is 15.1 Å². The van der Waals surface area contributed by atoms with E-state index in [4.69, 9.17) is 16.3 Å². The highest BCUT2D eigenvalue weighted by Gasteiger charge is 2.38. The summed E-state index contributed by atoms with van der Waals surface area (Å²) in [6.45, 7) is 4.48. The van der Waals surface area contributed by atoms with Gasteiger partial charge in [0.05, 0.1) is 11.6 Å². The molecule has 200 valence electrons. The van der Waals surface area contributed by atoms with Crippen molar-refractivity contribution in [2.75, 3.05) is 0 Å². The van der Waals surface area contributed by atoms with Crippen LogP contribution < -0.4 is 5.32 Å². The van der Waals surface area contributed by atoms with Crippen LogP contribution in [0.25, 0.3) is 0 Å². The number of nitrogens with one attached hydrogen (secondary N) is 1. The van der Waals surface area contributed by atoms with Crippen molar-refractivity contribution < 1.29 is 27.5 Å².